The third-order valence-electron chi connectivity index (χ3n) is 7.48. The Labute approximate surface area is 239 Å². The molecule has 0 spiro atoms. The van der Waals surface area contributed by atoms with Crippen molar-refractivity contribution in [3.8, 4) is 0 Å². The highest BCUT2D eigenvalue weighted by Gasteiger charge is 2.37. The standard InChI is InChI=1S/C29H49N7O4/c1-20(2)19-36(23-15-22(16-30-17-23)26(38)35-12-10-34(11-13-35)21(3)37)27(39)24-18-32-28(29(4,5)6)33-25(24)31-9-8-14-40-7/h18,20,22-23,30H,8-17,19H2,1-7H3,(H,31,32,33)/t22-,23+/m1/s1. The number of aromatic nitrogens is 2. The second-order valence-corrected chi connectivity index (χ2v) is 12.4. The zero-order valence-corrected chi connectivity index (χ0v) is 25.5. The van der Waals surface area contributed by atoms with E-state index in [1.54, 1.807) is 25.1 Å². The average Bonchev–Trinajstić information content (AvgIpc) is 2.92. The molecule has 2 aliphatic heterocycles. The molecule has 3 amide bonds. The van der Waals surface area contributed by atoms with E-state index in [1.807, 2.05) is 9.80 Å². The predicted molar refractivity (Wildman–Crippen MR) is 155 cm³/mol. The van der Waals surface area contributed by atoms with Gasteiger partial charge in [0.05, 0.1) is 5.92 Å². The summed E-state index contributed by atoms with van der Waals surface area (Å²) in [5.41, 5.74) is 0.179. The lowest BCUT2D eigenvalue weighted by molar-refractivity contribution is -0.142. The first-order valence-electron chi connectivity index (χ1n) is 14.6. The number of piperidine rings is 1. The molecule has 1 aromatic rings. The predicted octanol–water partition coefficient (Wildman–Crippen LogP) is 1.99. The molecule has 224 valence electrons. The fourth-order valence-electron chi connectivity index (χ4n) is 5.25. The molecule has 2 aliphatic rings. The van der Waals surface area contributed by atoms with Crippen LogP contribution in [0.2, 0.25) is 0 Å². The minimum Gasteiger partial charge on any atom is -0.385 e. The van der Waals surface area contributed by atoms with Gasteiger partial charge in [0.2, 0.25) is 11.8 Å². The zero-order chi connectivity index (χ0) is 29.4. The van der Waals surface area contributed by atoms with Crippen LogP contribution in [0.5, 0.6) is 0 Å². The molecule has 0 radical (unpaired) electrons. The number of rotatable bonds is 10. The summed E-state index contributed by atoms with van der Waals surface area (Å²) in [5, 5.41) is 6.77. The normalized spacial score (nSPS) is 20.0. The molecule has 2 saturated heterocycles. The lowest BCUT2D eigenvalue weighted by atomic mass is 9.92. The van der Waals surface area contributed by atoms with Crippen LogP contribution < -0.4 is 10.6 Å². The fourth-order valence-corrected chi connectivity index (χ4v) is 5.25. The number of hydrogen-bond acceptors (Lipinski definition) is 8. The number of carbonyl (C=O) groups is 3. The SMILES string of the molecule is COCCCNc1nc(C(C)(C)C)ncc1C(=O)N(CC(C)C)[C@@H]1CNC[C@H](C(=O)N2CCN(C(C)=O)CC2)C1. The third kappa shape index (κ3) is 8.36. The van der Waals surface area contributed by atoms with Gasteiger partial charge in [0.1, 0.15) is 17.2 Å². The minimum atomic E-state index is -0.265. The molecule has 40 heavy (non-hydrogen) atoms. The number of piperazine rings is 1. The molecule has 3 rings (SSSR count). The van der Waals surface area contributed by atoms with Gasteiger partial charge in [-0.1, -0.05) is 34.6 Å². The van der Waals surface area contributed by atoms with Crippen LogP contribution in [0, 0.1) is 11.8 Å². The van der Waals surface area contributed by atoms with E-state index in [0.29, 0.717) is 82.6 Å². The van der Waals surface area contributed by atoms with E-state index in [4.69, 9.17) is 9.72 Å². The van der Waals surface area contributed by atoms with Crippen LogP contribution >= 0.6 is 0 Å². The number of carbonyl (C=O) groups excluding carboxylic acids is 3. The molecule has 0 bridgehead atoms. The number of anilines is 1. The maximum Gasteiger partial charge on any atom is 0.259 e. The van der Waals surface area contributed by atoms with Crippen LogP contribution in [0.25, 0.3) is 0 Å². The van der Waals surface area contributed by atoms with Gasteiger partial charge < -0.3 is 30.1 Å². The first kappa shape index (κ1) is 31.7. The lowest BCUT2D eigenvalue weighted by Gasteiger charge is -2.41. The van der Waals surface area contributed by atoms with E-state index in [-0.39, 0.29) is 41.0 Å². The average molecular weight is 560 g/mol. The highest BCUT2D eigenvalue weighted by atomic mass is 16.5. The van der Waals surface area contributed by atoms with E-state index < -0.39 is 0 Å². The lowest BCUT2D eigenvalue weighted by Crippen LogP contribution is -2.57. The molecular weight excluding hydrogens is 510 g/mol. The van der Waals surface area contributed by atoms with Crippen LogP contribution in [0.1, 0.15) is 70.6 Å². The number of nitrogens with one attached hydrogen (secondary N) is 2. The summed E-state index contributed by atoms with van der Waals surface area (Å²) < 4.78 is 5.18. The van der Waals surface area contributed by atoms with Gasteiger partial charge in [-0.3, -0.25) is 14.4 Å². The van der Waals surface area contributed by atoms with Gasteiger partial charge in [-0.05, 0) is 18.8 Å². The van der Waals surface area contributed by atoms with Crippen molar-refractivity contribution in [3.63, 3.8) is 0 Å². The summed E-state index contributed by atoms with van der Waals surface area (Å²) >= 11 is 0. The monoisotopic (exact) mass is 559 g/mol. The molecule has 3 heterocycles. The van der Waals surface area contributed by atoms with E-state index in [9.17, 15) is 14.4 Å². The molecule has 2 fully saturated rings. The Balaban J connectivity index is 1.80. The Hall–Kier alpha value is -2.79. The summed E-state index contributed by atoms with van der Waals surface area (Å²) in [5.74, 6) is 1.23. The number of nitrogens with zero attached hydrogens (tertiary/aromatic N) is 5. The largest absolute Gasteiger partial charge is 0.385 e. The molecule has 2 atom stereocenters. The van der Waals surface area contributed by atoms with Crippen molar-refractivity contribution in [2.24, 2.45) is 11.8 Å². The molecule has 0 saturated carbocycles. The Morgan fingerprint density at radius 2 is 1.82 bits per heavy atom. The van der Waals surface area contributed by atoms with E-state index in [2.05, 4.69) is 50.2 Å². The first-order chi connectivity index (χ1) is 18.9. The summed E-state index contributed by atoms with van der Waals surface area (Å²) in [6.07, 6.45) is 3.02. The summed E-state index contributed by atoms with van der Waals surface area (Å²) in [6, 6.07) is -0.139. The molecule has 0 unspecified atom stereocenters. The molecular formula is C29H49N7O4. The van der Waals surface area contributed by atoms with Crippen molar-refractivity contribution in [1.29, 1.82) is 0 Å². The molecule has 1 aromatic heterocycles. The van der Waals surface area contributed by atoms with Gasteiger partial charge in [0, 0.05) is 90.7 Å². The molecule has 0 aromatic carbocycles. The van der Waals surface area contributed by atoms with Crippen molar-refractivity contribution in [2.75, 3.05) is 71.4 Å². The number of hydrogen-bond donors (Lipinski definition) is 2. The van der Waals surface area contributed by atoms with Gasteiger partial charge in [-0.2, -0.15) is 0 Å². The third-order valence-corrected chi connectivity index (χ3v) is 7.48. The molecule has 11 heteroatoms. The quantitative estimate of drug-likeness (QED) is 0.418. The van der Waals surface area contributed by atoms with E-state index in [0.717, 1.165) is 6.42 Å². The second kappa shape index (κ2) is 14.2. The van der Waals surface area contributed by atoms with Crippen LogP contribution in [0.15, 0.2) is 6.20 Å². The van der Waals surface area contributed by atoms with Crippen molar-refractivity contribution in [2.45, 2.75) is 65.8 Å². The van der Waals surface area contributed by atoms with Crippen LogP contribution in [-0.2, 0) is 19.7 Å². The highest BCUT2D eigenvalue weighted by molar-refractivity contribution is 5.98. The smallest absolute Gasteiger partial charge is 0.259 e. The Kier molecular flexibility index (Phi) is 11.3. The Morgan fingerprint density at radius 1 is 1.15 bits per heavy atom. The molecule has 2 N–H and O–H groups in total. The Bertz CT molecular complexity index is 1020. The second-order valence-electron chi connectivity index (χ2n) is 12.4. The topological polar surface area (TPSA) is 120 Å². The van der Waals surface area contributed by atoms with Crippen molar-refractivity contribution in [1.82, 2.24) is 30.0 Å². The molecule has 0 aliphatic carbocycles. The summed E-state index contributed by atoms with van der Waals surface area (Å²) in [6.45, 7) is 17.1. The van der Waals surface area contributed by atoms with Gasteiger partial charge in [-0.15, -0.1) is 0 Å². The van der Waals surface area contributed by atoms with Crippen molar-refractivity contribution in [3.05, 3.63) is 17.6 Å². The number of ether oxygens (including phenoxy) is 1. The first-order valence-corrected chi connectivity index (χ1v) is 14.6. The van der Waals surface area contributed by atoms with Crippen LogP contribution in [0.4, 0.5) is 5.82 Å². The maximum absolute atomic E-state index is 14.1. The minimum absolute atomic E-state index is 0.0430. The van der Waals surface area contributed by atoms with E-state index in [1.165, 1.54) is 0 Å². The Morgan fingerprint density at radius 3 is 2.42 bits per heavy atom. The number of methoxy groups -OCH3 is 1. The van der Waals surface area contributed by atoms with Crippen LogP contribution in [-0.4, -0.2) is 115 Å². The highest BCUT2D eigenvalue weighted by Crippen LogP contribution is 2.26. The maximum atomic E-state index is 14.1. The van der Waals surface area contributed by atoms with Gasteiger partial charge in [0.25, 0.3) is 5.91 Å². The van der Waals surface area contributed by atoms with Crippen molar-refractivity contribution >= 4 is 23.5 Å². The van der Waals surface area contributed by atoms with Gasteiger partial charge in [0.15, 0.2) is 0 Å². The van der Waals surface area contributed by atoms with E-state index >= 15 is 0 Å². The van der Waals surface area contributed by atoms with Crippen LogP contribution in [0.3, 0.4) is 0 Å². The van der Waals surface area contributed by atoms with Gasteiger partial charge in [-0.25, -0.2) is 9.97 Å². The molecule has 11 nitrogen and oxygen atoms in total. The van der Waals surface area contributed by atoms with Crippen molar-refractivity contribution < 1.29 is 19.1 Å². The number of amides is 3. The fraction of sp³-hybridized carbons (Fsp3) is 0.759. The summed E-state index contributed by atoms with van der Waals surface area (Å²) in [7, 11) is 1.67. The summed E-state index contributed by atoms with van der Waals surface area (Å²) in [4.78, 5) is 54.2. The van der Waals surface area contributed by atoms with Gasteiger partial charge >= 0.3 is 0 Å². The zero-order valence-electron chi connectivity index (χ0n) is 25.5.